The molecule has 0 unspecified atom stereocenters. The Morgan fingerprint density at radius 1 is 1.55 bits per heavy atom. The van der Waals surface area contributed by atoms with Crippen molar-refractivity contribution in [3.63, 3.8) is 0 Å². The molecule has 0 atom stereocenters. The molecule has 0 saturated carbocycles. The summed E-state index contributed by atoms with van der Waals surface area (Å²) in [5, 5.41) is 0. The van der Waals surface area contributed by atoms with Crippen LogP contribution in [0.1, 0.15) is 33.1 Å². The summed E-state index contributed by atoms with van der Waals surface area (Å²) < 4.78 is 0. The molecule has 0 radical (unpaired) electrons. The van der Waals surface area contributed by atoms with Gasteiger partial charge in [0.1, 0.15) is 0 Å². The van der Waals surface area contributed by atoms with E-state index in [9.17, 15) is 0 Å². The zero-order valence-electron chi connectivity index (χ0n) is 7.28. The van der Waals surface area contributed by atoms with Gasteiger partial charge < -0.3 is 0 Å². The third-order valence-electron chi connectivity index (χ3n) is 2.13. The Labute approximate surface area is 69.0 Å². The van der Waals surface area contributed by atoms with Gasteiger partial charge in [0.15, 0.2) is 0 Å². The minimum atomic E-state index is 1.07. The number of allylic oxidation sites excluding steroid dienone is 4. The summed E-state index contributed by atoms with van der Waals surface area (Å²) >= 11 is 0. The lowest BCUT2D eigenvalue weighted by atomic mass is 9.92. The lowest BCUT2D eigenvalue weighted by Gasteiger charge is -2.13. The third-order valence-corrected chi connectivity index (χ3v) is 2.13. The molecule has 0 N–H and O–H groups in total. The van der Waals surface area contributed by atoms with Crippen molar-refractivity contribution in [3.8, 4) is 12.3 Å². The van der Waals surface area contributed by atoms with Gasteiger partial charge in [-0.25, -0.2) is 0 Å². The lowest BCUT2D eigenvalue weighted by Crippen LogP contribution is -1.95. The Morgan fingerprint density at radius 3 is 2.82 bits per heavy atom. The summed E-state index contributed by atoms with van der Waals surface area (Å²) in [6, 6.07) is 0. The Balaban J connectivity index is 2.95. The fourth-order valence-electron chi connectivity index (χ4n) is 1.42. The fourth-order valence-corrected chi connectivity index (χ4v) is 1.42. The van der Waals surface area contributed by atoms with Crippen LogP contribution in [-0.4, -0.2) is 0 Å². The van der Waals surface area contributed by atoms with Crippen molar-refractivity contribution in [2.45, 2.75) is 33.1 Å². The number of hydrogen-bond donors (Lipinski definition) is 0. The maximum atomic E-state index is 5.38. The van der Waals surface area contributed by atoms with Gasteiger partial charge in [-0.2, -0.15) is 0 Å². The molecule has 0 heterocycles. The summed E-state index contributed by atoms with van der Waals surface area (Å²) in [4.78, 5) is 0. The van der Waals surface area contributed by atoms with Crippen LogP contribution in [0.3, 0.4) is 0 Å². The second-order valence-electron chi connectivity index (χ2n) is 2.99. The van der Waals surface area contributed by atoms with E-state index in [2.05, 4.69) is 25.8 Å². The molecule has 11 heavy (non-hydrogen) atoms. The third kappa shape index (κ3) is 1.74. The van der Waals surface area contributed by atoms with Gasteiger partial charge in [-0.15, -0.1) is 6.42 Å². The highest BCUT2D eigenvalue weighted by atomic mass is 14.1. The van der Waals surface area contributed by atoms with Gasteiger partial charge in [-0.1, -0.05) is 24.5 Å². The maximum Gasteiger partial charge on any atom is 0.00526 e. The molecule has 0 aliphatic heterocycles. The molecule has 1 aliphatic carbocycles. The zero-order chi connectivity index (χ0) is 8.27. The first-order valence-corrected chi connectivity index (χ1v) is 4.13. The molecule has 0 aromatic heterocycles. The van der Waals surface area contributed by atoms with E-state index in [1.807, 2.05) is 0 Å². The highest BCUT2D eigenvalue weighted by Gasteiger charge is 2.06. The Morgan fingerprint density at radius 2 is 2.27 bits per heavy atom. The summed E-state index contributed by atoms with van der Waals surface area (Å²) in [7, 11) is 0. The summed E-state index contributed by atoms with van der Waals surface area (Å²) in [6.07, 6.45) is 10.9. The van der Waals surface area contributed by atoms with Crippen molar-refractivity contribution in [2.24, 2.45) is 0 Å². The van der Waals surface area contributed by atoms with Gasteiger partial charge >= 0.3 is 0 Å². The molecule has 1 rings (SSSR count). The minimum absolute atomic E-state index is 1.07. The maximum absolute atomic E-state index is 5.38. The normalized spacial score (nSPS) is 17.7. The Bertz CT molecular complexity index is 246. The zero-order valence-corrected chi connectivity index (χ0v) is 7.28. The number of hydrogen-bond acceptors (Lipinski definition) is 0. The second kappa shape index (κ2) is 3.44. The number of rotatable bonds is 1. The fraction of sp³-hybridized carbons (Fsp3) is 0.455. The van der Waals surface area contributed by atoms with E-state index in [0.29, 0.717) is 0 Å². The van der Waals surface area contributed by atoms with Crippen molar-refractivity contribution >= 4 is 0 Å². The topological polar surface area (TPSA) is 0 Å². The molecule has 0 fully saturated rings. The predicted molar refractivity (Wildman–Crippen MR) is 49.1 cm³/mol. The van der Waals surface area contributed by atoms with Crippen molar-refractivity contribution < 1.29 is 0 Å². The second-order valence-corrected chi connectivity index (χ2v) is 2.99. The molecule has 0 heteroatoms. The van der Waals surface area contributed by atoms with Crippen LogP contribution >= 0.6 is 0 Å². The van der Waals surface area contributed by atoms with E-state index in [4.69, 9.17) is 6.42 Å². The predicted octanol–water partition coefficient (Wildman–Crippen LogP) is 3.07. The van der Waals surface area contributed by atoms with Crippen LogP contribution in [0.5, 0.6) is 0 Å². The van der Waals surface area contributed by atoms with Crippen LogP contribution in [0.2, 0.25) is 0 Å². The lowest BCUT2D eigenvalue weighted by molar-refractivity contribution is 0.896. The van der Waals surface area contributed by atoms with Crippen LogP contribution in [0.4, 0.5) is 0 Å². The SMILES string of the molecule is C#CC1=C(CC)C=C(C)CC1. The quantitative estimate of drug-likeness (QED) is 0.499. The van der Waals surface area contributed by atoms with Crippen molar-refractivity contribution in [1.82, 2.24) is 0 Å². The average Bonchev–Trinajstić information content (AvgIpc) is 2.04. The molecular formula is C11H14. The summed E-state index contributed by atoms with van der Waals surface area (Å²) in [6.45, 7) is 4.32. The van der Waals surface area contributed by atoms with Gasteiger partial charge in [0, 0.05) is 5.57 Å². The summed E-state index contributed by atoms with van der Waals surface area (Å²) in [5.41, 5.74) is 4.02. The highest BCUT2D eigenvalue weighted by Crippen LogP contribution is 2.24. The first-order chi connectivity index (χ1) is 5.27. The van der Waals surface area contributed by atoms with E-state index in [1.54, 1.807) is 0 Å². The van der Waals surface area contributed by atoms with Gasteiger partial charge in [-0.05, 0) is 31.8 Å². The first-order valence-electron chi connectivity index (χ1n) is 4.13. The Hall–Kier alpha value is -0.960. The molecule has 0 bridgehead atoms. The van der Waals surface area contributed by atoms with Crippen LogP contribution in [0.15, 0.2) is 22.8 Å². The first kappa shape index (κ1) is 8.14. The molecule has 0 aromatic rings. The monoisotopic (exact) mass is 146 g/mol. The highest BCUT2D eigenvalue weighted by molar-refractivity contribution is 5.41. The smallest absolute Gasteiger partial charge is 0.00526 e. The van der Waals surface area contributed by atoms with Crippen LogP contribution in [0, 0.1) is 12.3 Å². The van der Waals surface area contributed by atoms with E-state index in [0.717, 1.165) is 19.3 Å². The molecule has 1 aliphatic rings. The van der Waals surface area contributed by atoms with Crippen molar-refractivity contribution in [2.75, 3.05) is 0 Å². The largest absolute Gasteiger partial charge is 0.115 e. The molecular weight excluding hydrogens is 132 g/mol. The molecule has 58 valence electrons. The standard InChI is InChI=1S/C11H14/c1-4-10-7-6-9(3)8-11(10)5-2/h1,8H,5-7H2,2-3H3. The Kier molecular flexibility index (Phi) is 2.54. The van der Waals surface area contributed by atoms with Crippen LogP contribution < -0.4 is 0 Å². The van der Waals surface area contributed by atoms with E-state index < -0.39 is 0 Å². The van der Waals surface area contributed by atoms with Gasteiger partial charge in [0.2, 0.25) is 0 Å². The minimum Gasteiger partial charge on any atom is -0.115 e. The molecule has 0 spiro atoms. The molecule has 0 nitrogen and oxygen atoms in total. The molecule has 0 aromatic carbocycles. The van der Waals surface area contributed by atoms with E-state index in [1.165, 1.54) is 16.7 Å². The van der Waals surface area contributed by atoms with Gasteiger partial charge in [0.05, 0.1) is 0 Å². The van der Waals surface area contributed by atoms with Crippen LogP contribution in [0.25, 0.3) is 0 Å². The van der Waals surface area contributed by atoms with E-state index >= 15 is 0 Å². The molecule has 0 saturated heterocycles. The number of terminal acetylenes is 1. The van der Waals surface area contributed by atoms with Crippen molar-refractivity contribution in [3.05, 3.63) is 22.8 Å². The van der Waals surface area contributed by atoms with Crippen molar-refractivity contribution in [1.29, 1.82) is 0 Å². The summed E-state index contributed by atoms with van der Waals surface area (Å²) in [5.74, 6) is 2.76. The van der Waals surface area contributed by atoms with Crippen LogP contribution in [-0.2, 0) is 0 Å². The molecule has 0 amide bonds. The average molecular weight is 146 g/mol. The van der Waals surface area contributed by atoms with Gasteiger partial charge in [0.25, 0.3) is 0 Å². The van der Waals surface area contributed by atoms with Gasteiger partial charge in [-0.3, -0.25) is 0 Å². The van der Waals surface area contributed by atoms with E-state index in [-0.39, 0.29) is 0 Å².